The SMILES string of the molecule is O=C(C=Cc1ccc(Cl)c([N+](=O)[O-])c1)Nc1ccc(I)cn1. The first-order chi connectivity index (χ1) is 10.5. The lowest BCUT2D eigenvalue weighted by molar-refractivity contribution is -0.384. The first kappa shape index (κ1) is 16.4. The van der Waals surface area contributed by atoms with Gasteiger partial charge in [-0.2, -0.15) is 0 Å². The van der Waals surface area contributed by atoms with E-state index in [0.29, 0.717) is 11.4 Å². The lowest BCUT2D eigenvalue weighted by Crippen LogP contribution is -2.08. The number of halogens is 2. The quantitative estimate of drug-likeness (QED) is 0.346. The van der Waals surface area contributed by atoms with Gasteiger partial charge in [-0.25, -0.2) is 4.98 Å². The van der Waals surface area contributed by atoms with Gasteiger partial charge in [-0.1, -0.05) is 17.7 Å². The standard InChI is InChI=1S/C14H9ClIN3O3/c15-11-4-1-9(7-12(11)19(21)22)2-6-14(20)18-13-5-3-10(16)8-17-13/h1-8H,(H,17,18,20). The molecule has 0 unspecified atom stereocenters. The summed E-state index contributed by atoms with van der Waals surface area (Å²) in [5, 5.41) is 13.4. The van der Waals surface area contributed by atoms with Crippen LogP contribution in [0.3, 0.4) is 0 Å². The van der Waals surface area contributed by atoms with E-state index in [1.54, 1.807) is 18.3 Å². The van der Waals surface area contributed by atoms with Crippen LogP contribution in [0.2, 0.25) is 5.02 Å². The molecular weight excluding hydrogens is 421 g/mol. The molecule has 1 N–H and O–H groups in total. The Bertz CT molecular complexity index is 747. The van der Waals surface area contributed by atoms with E-state index in [4.69, 9.17) is 11.6 Å². The van der Waals surface area contributed by atoms with Crippen LogP contribution >= 0.6 is 34.2 Å². The molecule has 1 aromatic heterocycles. The minimum atomic E-state index is -0.574. The Kier molecular flexibility index (Phi) is 5.45. The summed E-state index contributed by atoms with van der Waals surface area (Å²) >= 11 is 7.83. The maximum absolute atomic E-state index is 11.8. The van der Waals surface area contributed by atoms with Crippen LogP contribution in [0.4, 0.5) is 11.5 Å². The maximum Gasteiger partial charge on any atom is 0.288 e. The van der Waals surface area contributed by atoms with Gasteiger partial charge in [0.05, 0.1) is 4.92 Å². The molecule has 0 radical (unpaired) electrons. The van der Waals surface area contributed by atoms with Gasteiger partial charge in [0, 0.05) is 21.9 Å². The first-order valence-electron chi connectivity index (χ1n) is 6.00. The first-order valence-corrected chi connectivity index (χ1v) is 7.46. The molecule has 1 amide bonds. The average molecular weight is 430 g/mol. The van der Waals surface area contributed by atoms with Gasteiger partial charge in [-0.15, -0.1) is 0 Å². The van der Waals surface area contributed by atoms with Crippen molar-refractivity contribution < 1.29 is 9.72 Å². The fourth-order valence-electron chi connectivity index (χ4n) is 1.56. The number of hydrogen-bond donors (Lipinski definition) is 1. The topological polar surface area (TPSA) is 85.1 Å². The number of carbonyl (C=O) groups excluding carboxylic acids is 1. The molecular formula is C14H9ClIN3O3. The number of aromatic nitrogens is 1. The molecule has 0 aliphatic carbocycles. The number of carbonyl (C=O) groups is 1. The van der Waals surface area contributed by atoms with Gasteiger partial charge in [0.15, 0.2) is 0 Å². The van der Waals surface area contributed by atoms with E-state index in [-0.39, 0.29) is 16.6 Å². The van der Waals surface area contributed by atoms with E-state index < -0.39 is 4.92 Å². The third-order valence-electron chi connectivity index (χ3n) is 2.57. The van der Waals surface area contributed by atoms with Crippen molar-refractivity contribution in [3.63, 3.8) is 0 Å². The van der Waals surface area contributed by atoms with Crippen molar-refractivity contribution in [3.8, 4) is 0 Å². The number of rotatable bonds is 4. The number of nitrogens with one attached hydrogen (secondary N) is 1. The van der Waals surface area contributed by atoms with Crippen LogP contribution in [0.1, 0.15) is 5.56 Å². The lowest BCUT2D eigenvalue weighted by atomic mass is 10.2. The fourth-order valence-corrected chi connectivity index (χ4v) is 2.07. The number of amides is 1. The predicted octanol–water partition coefficient (Wildman–Crippen LogP) is 3.90. The summed E-state index contributed by atoms with van der Waals surface area (Å²) in [7, 11) is 0. The highest BCUT2D eigenvalue weighted by atomic mass is 127. The van der Waals surface area contributed by atoms with Crippen molar-refractivity contribution in [2.24, 2.45) is 0 Å². The summed E-state index contributed by atoms with van der Waals surface area (Å²) in [5.74, 6) is 0.0449. The van der Waals surface area contributed by atoms with Gasteiger partial charge < -0.3 is 5.32 Å². The molecule has 1 heterocycles. The summed E-state index contributed by atoms with van der Waals surface area (Å²) < 4.78 is 0.958. The molecule has 0 bridgehead atoms. The van der Waals surface area contributed by atoms with Gasteiger partial charge in [0.2, 0.25) is 5.91 Å². The Morgan fingerprint density at radius 1 is 1.36 bits per heavy atom. The van der Waals surface area contributed by atoms with Crippen LogP contribution in [0.15, 0.2) is 42.6 Å². The lowest BCUT2D eigenvalue weighted by Gasteiger charge is -2.01. The number of benzene rings is 1. The molecule has 0 saturated heterocycles. The zero-order valence-electron chi connectivity index (χ0n) is 11.0. The molecule has 0 atom stereocenters. The van der Waals surface area contributed by atoms with Gasteiger partial charge in [-0.3, -0.25) is 14.9 Å². The summed E-state index contributed by atoms with van der Waals surface area (Å²) in [4.78, 5) is 26.0. The van der Waals surface area contributed by atoms with Crippen LogP contribution in [-0.2, 0) is 4.79 Å². The molecule has 112 valence electrons. The van der Waals surface area contributed by atoms with E-state index in [1.807, 2.05) is 6.07 Å². The van der Waals surface area contributed by atoms with E-state index in [0.717, 1.165) is 3.57 Å². The van der Waals surface area contributed by atoms with Crippen molar-refractivity contribution >= 4 is 57.7 Å². The zero-order valence-corrected chi connectivity index (χ0v) is 13.9. The molecule has 0 spiro atoms. The van der Waals surface area contributed by atoms with Crippen LogP contribution in [0.5, 0.6) is 0 Å². The van der Waals surface area contributed by atoms with Gasteiger partial charge >= 0.3 is 0 Å². The maximum atomic E-state index is 11.8. The molecule has 0 aliphatic heterocycles. The average Bonchev–Trinajstić information content (AvgIpc) is 2.48. The van der Waals surface area contributed by atoms with Crippen molar-refractivity contribution in [2.45, 2.75) is 0 Å². The molecule has 0 saturated carbocycles. The van der Waals surface area contributed by atoms with Crippen molar-refractivity contribution in [1.29, 1.82) is 0 Å². The second kappa shape index (κ2) is 7.32. The third-order valence-corrected chi connectivity index (χ3v) is 3.53. The molecule has 22 heavy (non-hydrogen) atoms. The molecule has 0 aliphatic rings. The molecule has 1 aromatic carbocycles. The summed E-state index contributed by atoms with van der Waals surface area (Å²) in [5.41, 5.74) is 0.297. The molecule has 0 fully saturated rings. The molecule has 2 aromatic rings. The van der Waals surface area contributed by atoms with E-state index in [9.17, 15) is 14.9 Å². The van der Waals surface area contributed by atoms with Crippen LogP contribution < -0.4 is 5.32 Å². The van der Waals surface area contributed by atoms with E-state index in [2.05, 4.69) is 32.9 Å². The fraction of sp³-hybridized carbons (Fsp3) is 0. The highest BCUT2D eigenvalue weighted by Gasteiger charge is 2.11. The van der Waals surface area contributed by atoms with Crippen LogP contribution in [0.25, 0.3) is 6.08 Å². The predicted molar refractivity (Wildman–Crippen MR) is 92.7 cm³/mol. The highest BCUT2D eigenvalue weighted by Crippen LogP contribution is 2.25. The Morgan fingerprint density at radius 3 is 2.77 bits per heavy atom. The van der Waals surface area contributed by atoms with Gasteiger partial charge in [0.1, 0.15) is 10.8 Å². The van der Waals surface area contributed by atoms with Crippen LogP contribution in [0, 0.1) is 13.7 Å². The third kappa shape index (κ3) is 4.50. The van der Waals surface area contributed by atoms with Crippen molar-refractivity contribution in [1.82, 2.24) is 4.98 Å². The summed E-state index contributed by atoms with van der Waals surface area (Å²) in [6, 6.07) is 7.80. The number of nitro benzene ring substituents is 1. The number of hydrogen-bond acceptors (Lipinski definition) is 4. The van der Waals surface area contributed by atoms with Crippen LogP contribution in [-0.4, -0.2) is 15.8 Å². The minimum absolute atomic E-state index is 0.0506. The van der Waals surface area contributed by atoms with E-state index >= 15 is 0 Å². The van der Waals surface area contributed by atoms with Crippen molar-refractivity contribution in [2.75, 3.05) is 5.32 Å². The minimum Gasteiger partial charge on any atom is -0.307 e. The molecule has 8 heteroatoms. The van der Waals surface area contributed by atoms with E-state index in [1.165, 1.54) is 24.3 Å². The Hall–Kier alpha value is -2.00. The smallest absolute Gasteiger partial charge is 0.288 e. The molecule has 6 nitrogen and oxygen atoms in total. The summed E-state index contributed by atoms with van der Waals surface area (Å²) in [6.07, 6.45) is 4.36. The molecule has 2 rings (SSSR count). The Balaban J connectivity index is 2.08. The Labute approximate surface area is 144 Å². The van der Waals surface area contributed by atoms with Gasteiger partial charge in [0.25, 0.3) is 5.69 Å². The number of nitro groups is 1. The van der Waals surface area contributed by atoms with Gasteiger partial charge in [-0.05, 0) is 52.4 Å². The highest BCUT2D eigenvalue weighted by molar-refractivity contribution is 14.1. The normalized spacial score (nSPS) is 10.6. The monoisotopic (exact) mass is 429 g/mol. The second-order valence-corrected chi connectivity index (χ2v) is 5.81. The number of pyridine rings is 1. The van der Waals surface area contributed by atoms with Crippen molar-refractivity contribution in [3.05, 3.63) is 66.9 Å². The second-order valence-electron chi connectivity index (χ2n) is 4.15. The Morgan fingerprint density at radius 2 is 2.14 bits per heavy atom. The zero-order chi connectivity index (χ0) is 16.1. The largest absolute Gasteiger partial charge is 0.307 e. The summed E-state index contributed by atoms with van der Waals surface area (Å²) in [6.45, 7) is 0. The number of nitrogens with zero attached hydrogens (tertiary/aromatic N) is 2. The number of anilines is 1.